The van der Waals surface area contributed by atoms with Crippen LogP contribution >= 0.6 is 0 Å². The zero-order valence-electron chi connectivity index (χ0n) is 21.0. The molecule has 1 heterocycles. The summed E-state index contributed by atoms with van der Waals surface area (Å²) in [4.78, 5) is 38.9. The number of hydrogen-bond acceptors (Lipinski definition) is 4. The van der Waals surface area contributed by atoms with Crippen LogP contribution in [0.4, 0.5) is 0 Å². The number of carboxylic acids is 1. The number of likely N-dealkylation sites (N-methyl/N-ethyl adjacent to an activating group) is 1. The molecule has 1 saturated carbocycles. The third kappa shape index (κ3) is 8.93. The molecule has 1 unspecified atom stereocenters. The summed E-state index contributed by atoms with van der Waals surface area (Å²) in [6.45, 7) is 12.6. The molecular formula is C25H45N3O4. The summed E-state index contributed by atoms with van der Waals surface area (Å²) in [7, 11) is 1.67. The number of hydrogen-bond donors (Lipinski definition) is 2. The van der Waals surface area contributed by atoms with E-state index in [-0.39, 0.29) is 29.4 Å². The van der Waals surface area contributed by atoms with E-state index in [0.29, 0.717) is 6.41 Å². The Balaban J connectivity index is 0.000000471. The van der Waals surface area contributed by atoms with Crippen molar-refractivity contribution in [3.05, 3.63) is 11.6 Å². The second kappa shape index (κ2) is 14.3. The summed E-state index contributed by atoms with van der Waals surface area (Å²) in [5, 5.41) is 11.7. The number of aliphatic carboxylic acids is 1. The molecule has 2 aliphatic rings. The third-order valence-electron chi connectivity index (χ3n) is 6.74. The Morgan fingerprint density at radius 3 is 2.00 bits per heavy atom. The van der Waals surface area contributed by atoms with E-state index in [9.17, 15) is 14.4 Å². The van der Waals surface area contributed by atoms with Crippen LogP contribution in [-0.2, 0) is 14.4 Å². The molecule has 2 fully saturated rings. The van der Waals surface area contributed by atoms with Gasteiger partial charge in [0.1, 0.15) is 6.04 Å². The molecule has 184 valence electrons. The number of likely N-dealkylation sites (tertiary alicyclic amines) is 1. The molecule has 1 aliphatic heterocycles. The van der Waals surface area contributed by atoms with Gasteiger partial charge in [-0.15, -0.1) is 0 Å². The van der Waals surface area contributed by atoms with Crippen LogP contribution in [0.3, 0.4) is 0 Å². The minimum absolute atomic E-state index is 0.0682. The highest BCUT2D eigenvalue weighted by Gasteiger charge is 2.34. The fraction of sp³-hybridized carbons (Fsp3) is 0.800. The highest BCUT2D eigenvalue weighted by molar-refractivity contribution is 5.87. The van der Waals surface area contributed by atoms with Crippen LogP contribution in [0.2, 0.25) is 0 Å². The smallest absolute Gasteiger partial charge is 0.331 e. The average molecular weight is 452 g/mol. The lowest BCUT2D eigenvalue weighted by atomic mass is 9.94. The monoisotopic (exact) mass is 451 g/mol. The van der Waals surface area contributed by atoms with Crippen LogP contribution in [0.25, 0.3) is 0 Å². The summed E-state index contributed by atoms with van der Waals surface area (Å²) in [6.07, 6.45) is 10.5. The maximum Gasteiger partial charge on any atom is 0.331 e. The van der Waals surface area contributed by atoms with Crippen LogP contribution in [-0.4, -0.2) is 71.5 Å². The largest absolute Gasteiger partial charge is 0.478 e. The van der Waals surface area contributed by atoms with Crippen LogP contribution in [0.15, 0.2) is 11.6 Å². The molecule has 2 atom stereocenters. The van der Waals surface area contributed by atoms with E-state index in [2.05, 4.69) is 24.1 Å². The Kier molecular flexibility index (Phi) is 12.6. The summed E-state index contributed by atoms with van der Waals surface area (Å²) in [6, 6.07) is -0.0824. The number of nitrogens with zero attached hydrogens (tertiary/aromatic N) is 2. The van der Waals surface area contributed by atoms with E-state index in [0.717, 1.165) is 31.7 Å². The first-order valence-electron chi connectivity index (χ1n) is 12.2. The molecule has 32 heavy (non-hydrogen) atoms. The molecule has 0 aromatic carbocycles. The van der Waals surface area contributed by atoms with Gasteiger partial charge >= 0.3 is 5.97 Å². The van der Waals surface area contributed by atoms with E-state index in [4.69, 9.17) is 5.11 Å². The fourth-order valence-corrected chi connectivity index (χ4v) is 4.65. The van der Waals surface area contributed by atoms with E-state index in [1.54, 1.807) is 18.0 Å². The Morgan fingerprint density at radius 2 is 1.59 bits per heavy atom. The first-order valence-corrected chi connectivity index (χ1v) is 12.2. The van der Waals surface area contributed by atoms with E-state index in [1.165, 1.54) is 39.3 Å². The summed E-state index contributed by atoms with van der Waals surface area (Å²) >= 11 is 0. The predicted molar refractivity (Wildman–Crippen MR) is 128 cm³/mol. The van der Waals surface area contributed by atoms with Gasteiger partial charge in [-0.1, -0.05) is 39.2 Å². The number of piperidine rings is 1. The lowest BCUT2D eigenvalue weighted by Gasteiger charge is -2.34. The lowest BCUT2D eigenvalue weighted by Crippen LogP contribution is -2.52. The molecule has 0 spiro atoms. The van der Waals surface area contributed by atoms with Crippen molar-refractivity contribution in [2.24, 2.45) is 11.8 Å². The second-order valence-electron chi connectivity index (χ2n) is 9.84. The molecule has 1 saturated heterocycles. The number of rotatable bonds is 9. The van der Waals surface area contributed by atoms with Crippen molar-refractivity contribution in [1.82, 2.24) is 15.1 Å². The molecule has 0 bridgehead atoms. The van der Waals surface area contributed by atoms with Crippen molar-refractivity contribution < 1.29 is 19.5 Å². The molecule has 7 heteroatoms. The Bertz CT molecular complexity index is 621. The maximum absolute atomic E-state index is 12.8. The van der Waals surface area contributed by atoms with Crippen LogP contribution in [0, 0.1) is 11.8 Å². The first kappa shape index (κ1) is 28.1. The Labute approximate surface area is 194 Å². The SMILES string of the molecule is C/C(=C\C(C(C)C)N(C)C(=O)[C@H](NC=O)C1CCCC1)C(=O)O.CC(C)N1CCCCC1. The predicted octanol–water partition coefficient (Wildman–Crippen LogP) is 3.69. The minimum atomic E-state index is -0.991. The van der Waals surface area contributed by atoms with Gasteiger partial charge in [0.2, 0.25) is 12.3 Å². The van der Waals surface area contributed by atoms with E-state index < -0.39 is 12.0 Å². The number of nitrogens with one attached hydrogen (secondary N) is 1. The van der Waals surface area contributed by atoms with Gasteiger partial charge < -0.3 is 20.2 Å². The maximum atomic E-state index is 12.8. The van der Waals surface area contributed by atoms with Gasteiger partial charge in [-0.3, -0.25) is 9.59 Å². The molecule has 2 amide bonds. The first-order chi connectivity index (χ1) is 15.1. The summed E-state index contributed by atoms with van der Waals surface area (Å²) in [5.74, 6) is -0.918. The quantitative estimate of drug-likeness (QED) is 0.412. The fourth-order valence-electron chi connectivity index (χ4n) is 4.65. The van der Waals surface area contributed by atoms with E-state index in [1.807, 2.05) is 13.8 Å². The number of amides is 2. The second-order valence-corrected chi connectivity index (χ2v) is 9.84. The van der Waals surface area contributed by atoms with Gasteiger partial charge in [0.25, 0.3) is 0 Å². The Hall–Kier alpha value is -1.89. The van der Waals surface area contributed by atoms with Crippen molar-refractivity contribution in [3.63, 3.8) is 0 Å². The zero-order valence-corrected chi connectivity index (χ0v) is 21.0. The molecule has 0 radical (unpaired) electrons. The molecule has 7 nitrogen and oxygen atoms in total. The zero-order chi connectivity index (χ0) is 24.3. The highest BCUT2D eigenvalue weighted by atomic mass is 16.4. The van der Waals surface area contributed by atoms with Crippen molar-refractivity contribution in [1.29, 1.82) is 0 Å². The number of carbonyl (C=O) groups excluding carboxylic acids is 2. The average Bonchev–Trinajstić information content (AvgIpc) is 3.30. The summed E-state index contributed by atoms with van der Waals surface area (Å²) < 4.78 is 0. The molecule has 0 aromatic heterocycles. The Morgan fingerprint density at radius 1 is 1.03 bits per heavy atom. The van der Waals surface area contributed by atoms with Crippen molar-refractivity contribution in [3.8, 4) is 0 Å². The summed E-state index contributed by atoms with van der Waals surface area (Å²) in [5.41, 5.74) is 0.212. The van der Waals surface area contributed by atoms with Crippen molar-refractivity contribution in [2.75, 3.05) is 20.1 Å². The van der Waals surface area contributed by atoms with Crippen LogP contribution in [0.5, 0.6) is 0 Å². The standard InChI is InChI=1S/C17H28N2O4.C8H17N/c1-11(2)14(9-12(3)17(22)23)19(4)16(21)15(18-10-20)13-7-5-6-8-13;1-8(2)9-6-4-3-5-7-9/h9-11,13-15H,5-8H2,1-4H3,(H,18,20)(H,22,23);8H,3-7H2,1-2H3/b12-9+;/t14?,15-;/m1./s1. The van der Waals surface area contributed by atoms with Crippen LogP contribution in [0.1, 0.15) is 79.6 Å². The van der Waals surface area contributed by atoms with Gasteiger partial charge in [-0.25, -0.2) is 4.79 Å². The minimum Gasteiger partial charge on any atom is -0.478 e. The van der Waals surface area contributed by atoms with Gasteiger partial charge in [0.15, 0.2) is 0 Å². The molecule has 0 aromatic rings. The topological polar surface area (TPSA) is 90.0 Å². The highest BCUT2D eigenvalue weighted by Crippen LogP contribution is 2.29. The number of carboxylic acid groups (broad SMARTS) is 1. The molecule has 2 N–H and O–H groups in total. The normalized spacial score (nSPS) is 19.8. The van der Waals surface area contributed by atoms with Gasteiger partial charge in [0, 0.05) is 18.7 Å². The van der Waals surface area contributed by atoms with Gasteiger partial charge in [-0.2, -0.15) is 0 Å². The van der Waals surface area contributed by atoms with E-state index >= 15 is 0 Å². The molecular weight excluding hydrogens is 406 g/mol. The van der Waals surface area contributed by atoms with Crippen LogP contribution < -0.4 is 5.32 Å². The molecule has 2 rings (SSSR count). The molecule has 1 aliphatic carbocycles. The third-order valence-corrected chi connectivity index (χ3v) is 6.74. The number of carbonyl (C=O) groups is 3. The van der Waals surface area contributed by atoms with Gasteiger partial charge in [0.05, 0.1) is 6.04 Å². The van der Waals surface area contributed by atoms with Crippen molar-refractivity contribution in [2.45, 2.75) is 97.7 Å². The van der Waals surface area contributed by atoms with Gasteiger partial charge in [-0.05, 0) is 71.4 Å². The van der Waals surface area contributed by atoms with Crippen molar-refractivity contribution >= 4 is 18.3 Å². The lowest BCUT2D eigenvalue weighted by molar-refractivity contribution is -0.137.